The summed E-state index contributed by atoms with van der Waals surface area (Å²) < 4.78 is 22.7. The van der Waals surface area contributed by atoms with Crippen molar-refractivity contribution >= 4 is 23.7 Å². The maximum atomic E-state index is 12.2. The summed E-state index contributed by atoms with van der Waals surface area (Å²) in [6, 6.07) is 9.07. The lowest BCUT2D eigenvalue weighted by Crippen LogP contribution is -2.07. The molecule has 0 saturated heterocycles. The highest BCUT2D eigenvalue weighted by molar-refractivity contribution is 6.00. The van der Waals surface area contributed by atoms with Crippen LogP contribution >= 0.6 is 0 Å². The van der Waals surface area contributed by atoms with Crippen molar-refractivity contribution in [2.75, 3.05) is 25.1 Å². The molecule has 2 aromatic carbocycles. The molecule has 1 aromatic heterocycles. The molecule has 0 unspecified atom stereocenters. The SMILES string of the molecule is CCOc1cc(-c2nnc(NC(=O)/C=C/c3ccc([N+](=O)[O-])cc3)o2)cc(OCC)c1OCC. The van der Waals surface area contributed by atoms with Crippen molar-refractivity contribution in [1.29, 1.82) is 0 Å². The van der Waals surface area contributed by atoms with Gasteiger partial charge in [0.2, 0.25) is 11.6 Å². The quantitative estimate of drug-likeness (QED) is 0.245. The molecule has 1 heterocycles. The van der Waals surface area contributed by atoms with Gasteiger partial charge in [-0.3, -0.25) is 20.2 Å². The molecule has 0 bridgehead atoms. The van der Waals surface area contributed by atoms with Crippen LogP contribution in [0.4, 0.5) is 11.7 Å². The number of anilines is 1. The predicted octanol–water partition coefficient (Wildman–Crippen LogP) is 4.49. The van der Waals surface area contributed by atoms with E-state index in [9.17, 15) is 14.9 Å². The predicted molar refractivity (Wildman–Crippen MR) is 124 cm³/mol. The number of hydrogen-bond donors (Lipinski definition) is 1. The number of aromatic nitrogens is 2. The zero-order valence-electron chi connectivity index (χ0n) is 18.9. The topological polar surface area (TPSA) is 139 Å². The van der Waals surface area contributed by atoms with E-state index in [-0.39, 0.29) is 17.6 Å². The fourth-order valence-corrected chi connectivity index (χ4v) is 2.93. The summed E-state index contributed by atoms with van der Waals surface area (Å²) in [5, 5.41) is 21.0. The summed E-state index contributed by atoms with van der Waals surface area (Å²) in [6.07, 6.45) is 2.76. The molecule has 0 saturated carbocycles. The minimum atomic E-state index is -0.509. The summed E-state index contributed by atoms with van der Waals surface area (Å²) >= 11 is 0. The number of carbonyl (C=O) groups is 1. The van der Waals surface area contributed by atoms with E-state index in [0.717, 1.165) is 0 Å². The fourth-order valence-electron chi connectivity index (χ4n) is 2.93. The molecule has 0 atom stereocenters. The summed E-state index contributed by atoms with van der Waals surface area (Å²) in [4.78, 5) is 22.4. The second-order valence-electron chi connectivity index (χ2n) is 6.68. The normalized spacial score (nSPS) is 10.8. The lowest BCUT2D eigenvalue weighted by Gasteiger charge is -2.16. The molecule has 0 aliphatic heterocycles. The lowest BCUT2D eigenvalue weighted by molar-refractivity contribution is -0.384. The van der Waals surface area contributed by atoms with Crippen LogP contribution in [0.25, 0.3) is 17.5 Å². The molecule has 178 valence electrons. The van der Waals surface area contributed by atoms with E-state index in [1.165, 1.54) is 36.4 Å². The van der Waals surface area contributed by atoms with E-state index in [2.05, 4.69) is 15.5 Å². The maximum Gasteiger partial charge on any atom is 0.322 e. The van der Waals surface area contributed by atoms with Crippen molar-refractivity contribution in [2.45, 2.75) is 20.8 Å². The average Bonchev–Trinajstić information content (AvgIpc) is 3.28. The first-order chi connectivity index (χ1) is 16.4. The molecule has 1 N–H and O–H groups in total. The number of nitro benzene ring substituents is 1. The Morgan fingerprint density at radius 3 is 2.21 bits per heavy atom. The van der Waals surface area contributed by atoms with Crippen molar-refractivity contribution in [3.05, 3.63) is 58.2 Å². The van der Waals surface area contributed by atoms with Crippen LogP contribution in [-0.4, -0.2) is 40.8 Å². The van der Waals surface area contributed by atoms with Crippen molar-refractivity contribution in [2.24, 2.45) is 0 Å². The van der Waals surface area contributed by atoms with Crippen LogP contribution in [0.15, 0.2) is 46.9 Å². The lowest BCUT2D eigenvalue weighted by atomic mass is 10.2. The molecular formula is C23H24N4O7. The number of nitrogens with zero attached hydrogens (tertiary/aromatic N) is 3. The number of rotatable bonds is 11. The summed E-state index contributed by atoms with van der Waals surface area (Å²) in [5.41, 5.74) is 1.12. The summed E-state index contributed by atoms with van der Waals surface area (Å²) in [6.45, 7) is 6.84. The molecule has 0 aliphatic carbocycles. The Morgan fingerprint density at radius 2 is 1.65 bits per heavy atom. The van der Waals surface area contributed by atoms with Crippen LogP contribution in [-0.2, 0) is 4.79 Å². The van der Waals surface area contributed by atoms with E-state index in [1.54, 1.807) is 12.1 Å². The van der Waals surface area contributed by atoms with E-state index in [0.29, 0.717) is 48.2 Å². The zero-order chi connectivity index (χ0) is 24.5. The van der Waals surface area contributed by atoms with Gasteiger partial charge in [-0.2, -0.15) is 0 Å². The van der Waals surface area contributed by atoms with Gasteiger partial charge in [-0.05, 0) is 56.7 Å². The summed E-state index contributed by atoms with van der Waals surface area (Å²) in [5.74, 6) is 1.07. The van der Waals surface area contributed by atoms with Gasteiger partial charge >= 0.3 is 6.01 Å². The number of carbonyl (C=O) groups excluding carboxylic acids is 1. The highest BCUT2D eigenvalue weighted by Gasteiger charge is 2.19. The van der Waals surface area contributed by atoms with Crippen LogP contribution in [0.3, 0.4) is 0 Å². The Kier molecular flexibility index (Phi) is 8.16. The molecule has 0 fully saturated rings. The van der Waals surface area contributed by atoms with E-state index in [4.69, 9.17) is 18.6 Å². The molecule has 0 radical (unpaired) electrons. The van der Waals surface area contributed by atoms with Crippen LogP contribution in [0.1, 0.15) is 26.3 Å². The van der Waals surface area contributed by atoms with Crippen LogP contribution in [0, 0.1) is 10.1 Å². The number of benzene rings is 2. The largest absolute Gasteiger partial charge is 0.490 e. The monoisotopic (exact) mass is 468 g/mol. The first-order valence-electron chi connectivity index (χ1n) is 10.6. The second-order valence-corrected chi connectivity index (χ2v) is 6.68. The van der Waals surface area contributed by atoms with E-state index in [1.807, 2.05) is 20.8 Å². The minimum Gasteiger partial charge on any atom is -0.490 e. The number of non-ortho nitro benzene ring substituents is 1. The number of amides is 1. The average molecular weight is 468 g/mol. The van der Waals surface area contributed by atoms with Gasteiger partial charge in [0, 0.05) is 23.8 Å². The van der Waals surface area contributed by atoms with Gasteiger partial charge in [0.05, 0.1) is 24.7 Å². The van der Waals surface area contributed by atoms with Crippen molar-refractivity contribution in [3.8, 4) is 28.7 Å². The Labute approximate surface area is 195 Å². The van der Waals surface area contributed by atoms with Gasteiger partial charge in [0.15, 0.2) is 11.5 Å². The van der Waals surface area contributed by atoms with Crippen LogP contribution < -0.4 is 19.5 Å². The van der Waals surface area contributed by atoms with Gasteiger partial charge in [-0.1, -0.05) is 5.10 Å². The Balaban J connectivity index is 1.76. The third kappa shape index (κ3) is 6.09. The van der Waals surface area contributed by atoms with Crippen LogP contribution in [0.5, 0.6) is 17.2 Å². The highest BCUT2D eigenvalue weighted by Crippen LogP contribution is 2.41. The number of nitrogens with one attached hydrogen (secondary N) is 1. The van der Waals surface area contributed by atoms with Crippen molar-refractivity contribution < 1.29 is 28.3 Å². The van der Waals surface area contributed by atoms with Gasteiger partial charge in [0.25, 0.3) is 11.6 Å². The zero-order valence-corrected chi connectivity index (χ0v) is 18.9. The van der Waals surface area contributed by atoms with Crippen molar-refractivity contribution in [3.63, 3.8) is 0 Å². The number of nitro groups is 1. The molecule has 11 heteroatoms. The number of hydrogen-bond acceptors (Lipinski definition) is 9. The molecular weight excluding hydrogens is 444 g/mol. The minimum absolute atomic E-state index is 0.0331. The first kappa shape index (κ1) is 24.2. The van der Waals surface area contributed by atoms with Gasteiger partial charge in [-0.25, -0.2) is 0 Å². The molecule has 1 amide bonds. The molecule has 34 heavy (non-hydrogen) atoms. The third-order valence-electron chi connectivity index (χ3n) is 4.34. The molecule has 11 nitrogen and oxygen atoms in total. The maximum absolute atomic E-state index is 12.2. The van der Waals surface area contributed by atoms with E-state index >= 15 is 0 Å². The van der Waals surface area contributed by atoms with E-state index < -0.39 is 10.8 Å². The molecule has 3 rings (SSSR count). The molecule has 0 spiro atoms. The number of ether oxygens (including phenoxy) is 3. The highest BCUT2D eigenvalue weighted by atomic mass is 16.6. The Bertz CT molecular complexity index is 1150. The standard InChI is InChI=1S/C23H24N4O7/c1-4-31-18-13-16(14-19(32-5-2)21(18)33-6-3)22-25-26-23(34-22)24-20(28)12-9-15-7-10-17(11-8-15)27(29)30/h7-14H,4-6H2,1-3H3,(H,24,26,28)/b12-9+. The van der Waals surface area contributed by atoms with Crippen LogP contribution in [0.2, 0.25) is 0 Å². The summed E-state index contributed by atoms with van der Waals surface area (Å²) in [7, 11) is 0. The molecule has 3 aromatic rings. The van der Waals surface area contributed by atoms with Gasteiger partial charge in [-0.15, -0.1) is 5.10 Å². The fraction of sp³-hybridized carbons (Fsp3) is 0.261. The second kappa shape index (κ2) is 11.5. The molecule has 0 aliphatic rings. The van der Waals surface area contributed by atoms with Gasteiger partial charge < -0.3 is 18.6 Å². The first-order valence-corrected chi connectivity index (χ1v) is 10.6. The van der Waals surface area contributed by atoms with Crippen molar-refractivity contribution in [1.82, 2.24) is 10.2 Å². The smallest absolute Gasteiger partial charge is 0.322 e. The Hall–Kier alpha value is -4.41. The van der Waals surface area contributed by atoms with Gasteiger partial charge in [0.1, 0.15) is 0 Å². The Morgan fingerprint density at radius 1 is 1.03 bits per heavy atom. The third-order valence-corrected chi connectivity index (χ3v) is 4.34.